The van der Waals surface area contributed by atoms with Crippen LogP contribution in [0.25, 0.3) is 11.0 Å². The molecule has 0 radical (unpaired) electrons. The van der Waals surface area contributed by atoms with Gasteiger partial charge in [-0.3, -0.25) is 10.1 Å². The Labute approximate surface area is 142 Å². The third kappa shape index (κ3) is 3.80. The Bertz CT molecular complexity index is 903. The maximum atomic E-state index is 11.8. The van der Waals surface area contributed by atoms with Gasteiger partial charge in [-0.2, -0.15) is 0 Å². The zero-order valence-electron chi connectivity index (χ0n) is 13.1. The maximum absolute atomic E-state index is 11.8. The van der Waals surface area contributed by atoms with Crippen LogP contribution in [0.5, 0.6) is 5.75 Å². The predicted octanol–water partition coefficient (Wildman–Crippen LogP) is 3.22. The van der Waals surface area contributed by atoms with E-state index >= 15 is 0 Å². The van der Waals surface area contributed by atoms with Gasteiger partial charge < -0.3 is 9.15 Å². The molecule has 0 fully saturated rings. The summed E-state index contributed by atoms with van der Waals surface area (Å²) in [5.41, 5.74) is 1.03. The molecule has 0 saturated carbocycles. The minimum absolute atomic E-state index is 0.149. The highest BCUT2D eigenvalue weighted by atomic mass is 32.1. The van der Waals surface area contributed by atoms with Crippen molar-refractivity contribution in [3.63, 3.8) is 0 Å². The molecule has 0 bridgehead atoms. The second-order valence-electron chi connectivity index (χ2n) is 5.17. The molecule has 0 saturated heterocycles. The van der Waals surface area contributed by atoms with Gasteiger partial charge in [0.2, 0.25) is 0 Å². The van der Waals surface area contributed by atoms with Gasteiger partial charge in [0.1, 0.15) is 11.3 Å². The number of hydrogen-bond donors (Lipinski definition) is 1. The Balaban J connectivity index is 1.73. The fourth-order valence-electron chi connectivity index (χ4n) is 2.37. The quantitative estimate of drug-likeness (QED) is 0.694. The van der Waals surface area contributed by atoms with E-state index in [1.165, 1.54) is 17.4 Å². The number of anilines is 1. The summed E-state index contributed by atoms with van der Waals surface area (Å²) in [6.45, 7) is 1.91. The van der Waals surface area contributed by atoms with E-state index in [0.29, 0.717) is 16.5 Å². The second-order valence-corrected chi connectivity index (χ2v) is 6.07. The third-order valence-corrected chi connectivity index (χ3v) is 4.06. The lowest BCUT2D eigenvalue weighted by Gasteiger charge is -2.08. The van der Waals surface area contributed by atoms with Crippen LogP contribution in [0.15, 0.2) is 45.1 Å². The first kappa shape index (κ1) is 16.2. The van der Waals surface area contributed by atoms with Crippen LogP contribution in [-0.2, 0) is 11.2 Å². The van der Waals surface area contributed by atoms with Crippen molar-refractivity contribution in [3.8, 4) is 5.75 Å². The van der Waals surface area contributed by atoms with Crippen molar-refractivity contribution in [2.75, 3.05) is 11.9 Å². The summed E-state index contributed by atoms with van der Waals surface area (Å²) >= 11 is 1.33. The van der Waals surface area contributed by atoms with E-state index in [0.717, 1.165) is 23.8 Å². The zero-order valence-corrected chi connectivity index (χ0v) is 13.9. The van der Waals surface area contributed by atoms with E-state index in [2.05, 4.69) is 17.2 Å². The molecule has 3 rings (SSSR count). The molecule has 0 aliphatic carbocycles. The Kier molecular flexibility index (Phi) is 4.90. The van der Waals surface area contributed by atoms with E-state index in [1.807, 2.05) is 6.07 Å². The summed E-state index contributed by atoms with van der Waals surface area (Å²) in [6.07, 6.45) is 3.35. The van der Waals surface area contributed by atoms with Crippen molar-refractivity contribution < 1.29 is 13.9 Å². The largest absolute Gasteiger partial charge is 0.484 e. The van der Waals surface area contributed by atoms with E-state index in [1.54, 1.807) is 23.7 Å². The van der Waals surface area contributed by atoms with E-state index < -0.39 is 0 Å². The maximum Gasteiger partial charge on any atom is 0.336 e. The summed E-state index contributed by atoms with van der Waals surface area (Å²) in [6, 6.07) is 6.76. The molecular weight excluding hydrogens is 328 g/mol. The number of fused-ring (bicyclic) bond motifs is 1. The summed E-state index contributed by atoms with van der Waals surface area (Å²) in [7, 11) is 0. The number of ether oxygens (including phenoxy) is 1. The molecule has 2 heterocycles. The van der Waals surface area contributed by atoms with Gasteiger partial charge in [-0.1, -0.05) is 13.3 Å². The van der Waals surface area contributed by atoms with Gasteiger partial charge in [0, 0.05) is 29.1 Å². The van der Waals surface area contributed by atoms with Crippen LogP contribution in [0.2, 0.25) is 0 Å². The zero-order chi connectivity index (χ0) is 16.9. The highest BCUT2D eigenvalue weighted by Crippen LogP contribution is 2.23. The fourth-order valence-corrected chi connectivity index (χ4v) is 2.91. The molecule has 0 unspecified atom stereocenters. The first-order valence-corrected chi connectivity index (χ1v) is 8.42. The minimum Gasteiger partial charge on any atom is -0.484 e. The van der Waals surface area contributed by atoms with Crippen LogP contribution in [0, 0.1) is 0 Å². The normalized spacial score (nSPS) is 10.7. The second kappa shape index (κ2) is 7.27. The highest BCUT2D eigenvalue weighted by Gasteiger charge is 2.09. The monoisotopic (exact) mass is 344 g/mol. The van der Waals surface area contributed by atoms with Crippen molar-refractivity contribution in [2.45, 2.75) is 19.8 Å². The van der Waals surface area contributed by atoms with Crippen molar-refractivity contribution in [1.29, 1.82) is 0 Å². The third-order valence-electron chi connectivity index (χ3n) is 3.37. The number of carbonyl (C=O) groups is 1. The number of benzene rings is 1. The predicted molar refractivity (Wildman–Crippen MR) is 92.7 cm³/mol. The van der Waals surface area contributed by atoms with Crippen LogP contribution < -0.4 is 15.7 Å². The Morgan fingerprint density at radius 3 is 3.00 bits per heavy atom. The average Bonchev–Trinajstić information content (AvgIpc) is 3.05. The summed E-state index contributed by atoms with van der Waals surface area (Å²) in [4.78, 5) is 27.4. The fraction of sp³-hybridized carbons (Fsp3) is 0.235. The van der Waals surface area contributed by atoms with Crippen molar-refractivity contribution in [2.24, 2.45) is 0 Å². The molecule has 7 heteroatoms. The van der Waals surface area contributed by atoms with Gasteiger partial charge in [-0.25, -0.2) is 9.78 Å². The van der Waals surface area contributed by atoms with Gasteiger partial charge in [0.15, 0.2) is 11.7 Å². The van der Waals surface area contributed by atoms with Crippen LogP contribution >= 0.6 is 11.3 Å². The number of thiazole rings is 1. The number of aryl methyl sites for hydroxylation is 1. The Morgan fingerprint density at radius 2 is 2.25 bits per heavy atom. The molecule has 6 nitrogen and oxygen atoms in total. The van der Waals surface area contributed by atoms with Gasteiger partial charge in [-0.05, 0) is 24.1 Å². The highest BCUT2D eigenvalue weighted by molar-refractivity contribution is 7.13. The number of amides is 1. The minimum atomic E-state index is -0.385. The molecule has 0 spiro atoms. The molecule has 0 aliphatic rings. The van der Waals surface area contributed by atoms with Gasteiger partial charge in [0.25, 0.3) is 5.91 Å². The van der Waals surface area contributed by atoms with Gasteiger partial charge >= 0.3 is 5.63 Å². The molecule has 1 amide bonds. The number of aromatic nitrogens is 1. The lowest BCUT2D eigenvalue weighted by atomic mass is 10.1. The number of hydrogen-bond acceptors (Lipinski definition) is 6. The number of rotatable bonds is 6. The Morgan fingerprint density at radius 1 is 1.38 bits per heavy atom. The van der Waals surface area contributed by atoms with Gasteiger partial charge in [-0.15, -0.1) is 11.3 Å². The van der Waals surface area contributed by atoms with E-state index in [9.17, 15) is 9.59 Å². The van der Waals surface area contributed by atoms with Crippen LogP contribution in [0.4, 0.5) is 5.13 Å². The molecule has 0 atom stereocenters. The SMILES string of the molecule is CCCc1cc(=O)oc2cc(OCC(=O)Nc3nccs3)ccc12. The molecular formula is C17H16N2O4S. The summed E-state index contributed by atoms with van der Waals surface area (Å²) < 4.78 is 10.7. The topological polar surface area (TPSA) is 81.4 Å². The molecule has 1 aromatic carbocycles. The number of carbonyl (C=O) groups excluding carboxylic acids is 1. The first-order chi connectivity index (χ1) is 11.7. The van der Waals surface area contributed by atoms with Crippen LogP contribution in [-0.4, -0.2) is 17.5 Å². The molecule has 24 heavy (non-hydrogen) atoms. The molecule has 0 aliphatic heterocycles. The average molecular weight is 344 g/mol. The first-order valence-electron chi connectivity index (χ1n) is 7.54. The smallest absolute Gasteiger partial charge is 0.336 e. The van der Waals surface area contributed by atoms with Crippen molar-refractivity contribution in [3.05, 3.63) is 51.8 Å². The number of nitrogens with one attached hydrogen (secondary N) is 1. The number of nitrogens with zero attached hydrogens (tertiary/aromatic N) is 1. The lowest BCUT2D eigenvalue weighted by molar-refractivity contribution is -0.118. The van der Waals surface area contributed by atoms with Gasteiger partial charge in [0.05, 0.1) is 0 Å². The standard InChI is InChI=1S/C17H16N2O4S/c1-2-3-11-8-16(21)23-14-9-12(4-5-13(11)14)22-10-15(20)19-17-18-6-7-24-17/h4-9H,2-3,10H2,1H3,(H,18,19,20). The molecule has 124 valence electrons. The van der Waals surface area contributed by atoms with E-state index in [-0.39, 0.29) is 18.1 Å². The molecule has 2 aromatic heterocycles. The van der Waals surface area contributed by atoms with E-state index in [4.69, 9.17) is 9.15 Å². The molecule has 3 aromatic rings. The van der Waals surface area contributed by atoms with Crippen LogP contribution in [0.1, 0.15) is 18.9 Å². The summed E-state index contributed by atoms with van der Waals surface area (Å²) in [5.74, 6) is 0.167. The lowest BCUT2D eigenvalue weighted by Crippen LogP contribution is -2.20. The molecule has 1 N–H and O–H groups in total. The Hall–Kier alpha value is -2.67. The summed E-state index contributed by atoms with van der Waals surface area (Å²) in [5, 5.41) is 5.82. The van der Waals surface area contributed by atoms with Crippen molar-refractivity contribution in [1.82, 2.24) is 4.98 Å². The van der Waals surface area contributed by atoms with Crippen LogP contribution in [0.3, 0.4) is 0 Å². The van der Waals surface area contributed by atoms with Crippen molar-refractivity contribution >= 4 is 33.3 Å².